The average molecular weight is 269 g/mol. The summed E-state index contributed by atoms with van der Waals surface area (Å²) in [5.41, 5.74) is 6.18. The van der Waals surface area contributed by atoms with Crippen LogP contribution in [0, 0.1) is 0 Å². The highest BCUT2D eigenvalue weighted by atomic mass is 79.9. The first-order valence-electron chi connectivity index (χ1n) is 4.39. The van der Waals surface area contributed by atoms with E-state index in [0.717, 1.165) is 10.2 Å². The third kappa shape index (κ3) is 2.18. The van der Waals surface area contributed by atoms with E-state index < -0.39 is 0 Å². The third-order valence-corrected chi connectivity index (χ3v) is 2.30. The number of aromatic nitrogens is 5. The standard InChI is InChI=1S/C8H9BrN6/c9-6-1-2-7(11-5-6)8-12-13-14-15(8)4-3-10/h1-2,5H,3-4,10H2. The summed E-state index contributed by atoms with van der Waals surface area (Å²) in [5.74, 6) is 0.632. The van der Waals surface area contributed by atoms with Gasteiger partial charge in [-0.15, -0.1) is 5.10 Å². The van der Waals surface area contributed by atoms with Crippen LogP contribution in [-0.2, 0) is 6.54 Å². The Labute approximate surface area is 94.6 Å². The van der Waals surface area contributed by atoms with Crippen molar-refractivity contribution in [3.63, 3.8) is 0 Å². The van der Waals surface area contributed by atoms with Gasteiger partial charge < -0.3 is 5.73 Å². The molecule has 0 saturated carbocycles. The summed E-state index contributed by atoms with van der Waals surface area (Å²) in [5, 5.41) is 11.3. The lowest BCUT2D eigenvalue weighted by atomic mass is 10.3. The molecule has 2 aromatic rings. The van der Waals surface area contributed by atoms with Crippen LogP contribution in [0.4, 0.5) is 0 Å². The fourth-order valence-electron chi connectivity index (χ4n) is 1.17. The highest BCUT2D eigenvalue weighted by Gasteiger charge is 2.08. The van der Waals surface area contributed by atoms with Crippen molar-refractivity contribution in [3.8, 4) is 11.5 Å². The van der Waals surface area contributed by atoms with E-state index >= 15 is 0 Å². The van der Waals surface area contributed by atoms with Gasteiger partial charge in [0.25, 0.3) is 0 Å². The number of halogens is 1. The fraction of sp³-hybridized carbons (Fsp3) is 0.250. The molecular formula is C8H9BrN6. The van der Waals surface area contributed by atoms with Gasteiger partial charge in [0, 0.05) is 17.2 Å². The quantitative estimate of drug-likeness (QED) is 0.875. The Hall–Kier alpha value is -1.34. The Kier molecular flexibility index (Phi) is 3.02. The Balaban J connectivity index is 2.36. The summed E-state index contributed by atoms with van der Waals surface area (Å²) in [6.07, 6.45) is 1.71. The predicted molar refractivity (Wildman–Crippen MR) is 57.8 cm³/mol. The maximum absolute atomic E-state index is 5.45. The van der Waals surface area contributed by atoms with Crippen LogP contribution in [-0.4, -0.2) is 31.7 Å². The first-order chi connectivity index (χ1) is 7.31. The van der Waals surface area contributed by atoms with Crippen LogP contribution in [0.2, 0.25) is 0 Å². The van der Waals surface area contributed by atoms with Gasteiger partial charge in [-0.25, -0.2) is 4.68 Å². The summed E-state index contributed by atoms with van der Waals surface area (Å²) in [6, 6.07) is 3.74. The van der Waals surface area contributed by atoms with Gasteiger partial charge in [-0.1, -0.05) is 0 Å². The van der Waals surface area contributed by atoms with Gasteiger partial charge in [-0.3, -0.25) is 4.98 Å². The molecule has 2 aromatic heterocycles. The Morgan fingerprint density at radius 1 is 1.40 bits per heavy atom. The van der Waals surface area contributed by atoms with E-state index in [2.05, 4.69) is 36.4 Å². The number of hydrogen-bond acceptors (Lipinski definition) is 5. The minimum atomic E-state index is 0.495. The minimum Gasteiger partial charge on any atom is -0.329 e. The van der Waals surface area contributed by atoms with Crippen molar-refractivity contribution in [1.82, 2.24) is 25.2 Å². The molecule has 2 heterocycles. The van der Waals surface area contributed by atoms with Crippen LogP contribution < -0.4 is 5.73 Å². The Morgan fingerprint density at radius 2 is 2.27 bits per heavy atom. The molecule has 0 atom stereocenters. The SMILES string of the molecule is NCCn1nnnc1-c1ccc(Br)cn1. The summed E-state index contributed by atoms with van der Waals surface area (Å²) >= 11 is 3.32. The number of nitrogens with zero attached hydrogens (tertiary/aromatic N) is 5. The van der Waals surface area contributed by atoms with E-state index in [0.29, 0.717) is 18.9 Å². The molecule has 7 heteroatoms. The van der Waals surface area contributed by atoms with E-state index in [1.54, 1.807) is 10.9 Å². The van der Waals surface area contributed by atoms with Crippen molar-refractivity contribution in [1.29, 1.82) is 0 Å². The Morgan fingerprint density at radius 3 is 2.93 bits per heavy atom. The predicted octanol–water partition coefficient (Wildman–Crippen LogP) is 0.456. The summed E-state index contributed by atoms with van der Waals surface area (Å²) in [4.78, 5) is 4.21. The summed E-state index contributed by atoms with van der Waals surface area (Å²) in [6.45, 7) is 1.08. The molecule has 6 nitrogen and oxygen atoms in total. The fourth-order valence-corrected chi connectivity index (χ4v) is 1.40. The average Bonchev–Trinajstić information content (AvgIpc) is 2.68. The van der Waals surface area contributed by atoms with Crippen molar-refractivity contribution >= 4 is 15.9 Å². The summed E-state index contributed by atoms with van der Waals surface area (Å²) in [7, 11) is 0. The molecule has 15 heavy (non-hydrogen) atoms. The summed E-state index contributed by atoms with van der Waals surface area (Å²) < 4.78 is 2.56. The lowest BCUT2D eigenvalue weighted by Crippen LogP contribution is -2.12. The van der Waals surface area contributed by atoms with Crippen LogP contribution >= 0.6 is 15.9 Å². The number of nitrogens with two attached hydrogens (primary N) is 1. The molecule has 0 unspecified atom stereocenters. The van der Waals surface area contributed by atoms with E-state index in [9.17, 15) is 0 Å². The van der Waals surface area contributed by atoms with E-state index in [1.807, 2.05) is 12.1 Å². The zero-order valence-electron chi connectivity index (χ0n) is 7.84. The van der Waals surface area contributed by atoms with Gasteiger partial charge >= 0.3 is 0 Å². The zero-order chi connectivity index (χ0) is 10.7. The molecule has 0 aliphatic carbocycles. The van der Waals surface area contributed by atoms with Gasteiger partial charge in [0.15, 0.2) is 0 Å². The molecule has 0 fully saturated rings. The molecule has 0 aliphatic heterocycles. The highest BCUT2D eigenvalue weighted by molar-refractivity contribution is 9.10. The van der Waals surface area contributed by atoms with Crippen LogP contribution in [0.25, 0.3) is 11.5 Å². The monoisotopic (exact) mass is 268 g/mol. The molecule has 0 aromatic carbocycles. The molecule has 0 amide bonds. The molecule has 2 N–H and O–H groups in total. The van der Waals surface area contributed by atoms with Gasteiger partial charge in [0.2, 0.25) is 5.82 Å². The number of tetrazole rings is 1. The van der Waals surface area contributed by atoms with Crippen LogP contribution in [0.15, 0.2) is 22.8 Å². The molecular weight excluding hydrogens is 260 g/mol. The molecule has 0 spiro atoms. The number of hydrogen-bond donors (Lipinski definition) is 1. The van der Waals surface area contributed by atoms with Crippen molar-refractivity contribution in [2.45, 2.75) is 6.54 Å². The smallest absolute Gasteiger partial charge is 0.200 e. The van der Waals surface area contributed by atoms with Gasteiger partial charge in [0.1, 0.15) is 5.69 Å². The third-order valence-electron chi connectivity index (χ3n) is 1.83. The molecule has 0 bridgehead atoms. The first kappa shape index (κ1) is 10.2. The highest BCUT2D eigenvalue weighted by Crippen LogP contribution is 2.15. The van der Waals surface area contributed by atoms with Crippen molar-refractivity contribution < 1.29 is 0 Å². The Bertz CT molecular complexity index is 437. The van der Waals surface area contributed by atoms with Gasteiger partial charge in [-0.05, 0) is 38.5 Å². The van der Waals surface area contributed by atoms with Gasteiger partial charge in [0.05, 0.1) is 6.54 Å². The normalized spacial score (nSPS) is 10.5. The van der Waals surface area contributed by atoms with E-state index in [1.165, 1.54) is 0 Å². The number of pyridine rings is 1. The second-order valence-electron chi connectivity index (χ2n) is 2.88. The lowest BCUT2D eigenvalue weighted by Gasteiger charge is -2.01. The topological polar surface area (TPSA) is 82.5 Å². The molecule has 2 rings (SSSR count). The first-order valence-corrected chi connectivity index (χ1v) is 5.18. The van der Waals surface area contributed by atoms with E-state index in [4.69, 9.17) is 5.73 Å². The van der Waals surface area contributed by atoms with Crippen molar-refractivity contribution in [3.05, 3.63) is 22.8 Å². The van der Waals surface area contributed by atoms with Crippen LogP contribution in [0.1, 0.15) is 0 Å². The molecule has 78 valence electrons. The molecule has 0 saturated heterocycles. The molecule has 0 aliphatic rings. The number of rotatable bonds is 3. The largest absolute Gasteiger partial charge is 0.329 e. The minimum absolute atomic E-state index is 0.495. The van der Waals surface area contributed by atoms with E-state index in [-0.39, 0.29) is 0 Å². The zero-order valence-corrected chi connectivity index (χ0v) is 9.42. The lowest BCUT2D eigenvalue weighted by molar-refractivity contribution is 0.602. The van der Waals surface area contributed by atoms with Gasteiger partial charge in [-0.2, -0.15) is 0 Å². The van der Waals surface area contributed by atoms with Crippen molar-refractivity contribution in [2.24, 2.45) is 5.73 Å². The van der Waals surface area contributed by atoms with Crippen LogP contribution in [0.3, 0.4) is 0 Å². The van der Waals surface area contributed by atoms with Crippen molar-refractivity contribution in [2.75, 3.05) is 6.54 Å². The molecule has 0 radical (unpaired) electrons. The second kappa shape index (κ2) is 4.45. The second-order valence-corrected chi connectivity index (χ2v) is 3.79. The van der Waals surface area contributed by atoms with Crippen LogP contribution in [0.5, 0.6) is 0 Å². The maximum atomic E-state index is 5.45. The maximum Gasteiger partial charge on any atom is 0.200 e.